The molecule has 0 spiro atoms. The Morgan fingerprint density at radius 3 is 2.65 bits per heavy atom. The van der Waals surface area contributed by atoms with E-state index < -0.39 is 12.0 Å². The van der Waals surface area contributed by atoms with Gasteiger partial charge >= 0.3 is 12.0 Å². The normalized spacial score (nSPS) is 16.2. The minimum absolute atomic E-state index is 0.0765. The molecular weight excluding hydrogens is 402 g/mol. The summed E-state index contributed by atoms with van der Waals surface area (Å²) in [5.74, 6) is -0.820. The number of carbonyl (C=O) groups excluding carboxylic acids is 3. The van der Waals surface area contributed by atoms with E-state index in [0.29, 0.717) is 29.1 Å². The van der Waals surface area contributed by atoms with Crippen LogP contribution < -0.4 is 10.6 Å². The average molecular weight is 434 g/mol. The van der Waals surface area contributed by atoms with Crippen molar-refractivity contribution in [1.29, 1.82) is 0 Å². The zero-order valence-electron chi connectivity index (χ0n) is 18.5. The molecule has 1 atom stereocenters. The van der Waals surface area contributed by atoms with Gasteiger partial charge in [0.25, 0.3) is 0 Å². The minimum atomic E-state index is -0.709. The number of anilines is 1. The summed E-state index contributed by atoms with van der Waals surface area (Å²) in [5, 5.41) is 5.64. The van der Waals surface area contributed by atoms with E-state index in [1.807, 2.05) is 6.92 Å². The van der Waals surface area contributed by atoms with Crippen molar-refractivity contribution in [3.8, 4) is 0 Å². The van der Waals surface area contributed by atoms with E-state index >= 15 is 0 Å². The molecular formula is C22H31N3O6. The average Bonchev–Trinajstić information content (AvgIpc) is 2.73. The zero-order chi connectivity index (χ0) is 22.8. The molecule has 0 saturated heterocycles. The highest BCUT2D eigenvalue weighted by Crippen LogP contribution is 2.32. The third-order valence-electron chi connectivity index (χ3n) is 4.85. The van der Waals surface area contributed by atoms with Crippen LogP contribution in [0.2, 0.25) is 0 Å². The Hall–Kier alpha value is -2.91. The maximum Gasteiger partial charge on any atom is 0.338 e. The number of hydrogen-bond acceptors (Lipinski definition) is 6. The number of amides is 3. The van der Waals surface area contributed by atoms with Crippen LogP contribution in [0.5, 0.6) is 0 Å². The molecule has 1 aliphatic heterocycles. The molecule has 0 aliphatic carbocycles. The first-order valence-electron chi connectivity index (χ1n) is 10.3. The molecule has 1 aromatic carbocycles. The van der Waals surface area contributed by atoms with Crippen molar-refractivity contribution in [2.45, 2.75) is 32.7 Å². The Balaban J connectivity index is 2.39. The van der Waals surface area contributed by atoms with Gasteiger partial charge in [0.15, 0.2) is 0 Å². The van der Waals surface area contributed by atoms with Crippen molar-refractivity contribution in [2.24, 2.45) is 0 Å². The number of carbonyl (C=O) groups is 3. The molecule has 0 fully saturated rings. The fourth-order valence-corrected chi connectivity index (χ4v) is 3.30. The van der Waals surface area contributed by atoms with Gasteiger partial charge in [-0.2, -0.15) is 0 Å². The number of benzene rings is 1. The van der Waals surface area contributed by atoms with E-state index in [2.05, 4.69) is 10.6 Å². The highest BCUT2D eigenvalue weighted by atomic mass is 16.6. The number of rotatable bonds is 11. The molecule has 1 heterocycles. The molecule has 1 aromatic rings. The summed E-state index contributed by atoms with van der Waals surface area (Å²) in [6, 6.07) is 5.99. The molecule has 9 heteroatoms. The summed E-state index contributed by atoms with van der Waals surface area (Å²) in [4.78, 5) is 39.2. The summed E-state index contributed by atoms with van der Waals surface area (Å²) in [5.41, 5.74) is 2.09. The first kappa shape index (κ1) is 24.4. The Kier molecular flexibility index (Phi) is 9.48. The van der Waals surface area contributed by atoms with E-state index in [9.17, 15) is 14.4 Å². The van der Waals surface area contributed by atoms with Crippen LogP contribution in [0.3, 0.4) is 0 Å². The Labute approximate surface area is 182 Å². The minimum Gasteiger partial charge on any atom is -0.460 e. The number of nitrogens with one attached hydrogen (secondary N) is 2. The predicted molar refractivity (Wildman–Crippen MR) is 115 cm³/mol. The van der Waals surface area contributed by atoms with E-state index in [4.69, 9.17) is 14.2 Å². The first-order chi connectivity index (χ1) is 14.9. The topological polar surface area (TPSA) is 106 Å². The largest absolute Gasteiger partial charge is 0.460 e. The molecule has 0 saturated carbocycles. The first-order valence-corrected chi connectivity index (χ1v) is 10.3. The molecule has 31 heavy (non-hydrogen) atoms. The number of allylic oxidation sites excluding steroid dienone is 1. The van der Waals surface area contributed by atoms with E-state index in [1.54, 1.807) is 36.1 Å². The zero-order valence-corrected chi connectivity index (χ0v) is 18.5. The highest BCUT2D eigenvalue weighted by molar-refractivity contribution is 5.95. The number of urea groups is 1. The second-order valence-electron chi connectivity index (χ2n) is 7.12. The van der Waals surface area contributed by atoms with Crippen LogP contribution in [0.25, 0.3) is 0 Å². The summed E-state index contributed by atoms with van der Waals surface area (Å²) < 4.78 is 15.2. The SMILES string of the molecule is CCCCN1C(=O)NC(c2cccc(NC(=O)COC)c2)C(C(=O)OCCOC)=C1C. The van der Waals surface area contributed by atoms with Gasteiger partial charge in [-0.15, -0.1) is 0 Å². The van der Waals surface area contributed by atoms with Crippen LogP contribution in [0.1, 0.15) is 38.3 Å². The summed E-state index contributed by atoms with van der Waals surface area (Å²) in [6.45, 7) is 4.59. The lowest BCUT2D eigenvalue weighted by Gasteiger charge is -2.35. The molecule has 1 unspecified atom stereocenters. The quantitative estimate of drug-likeness (QED) is 0.410. The van der Waals surface area contributed by atoms with Crippen molar-refractivity contribution in [3.05, 3.63) is 41.1 Å². The fraction of sp³-hybridized carbons (Fsp3) is 0.500. The Bertz CT molecular complexity index is 823. The summed E-state index contributed by atoms with van der Waals surface area (Å²) >= 11 is 0. The van der Waals surface area contributed by atoms with Gasteiger partial charge in [0, 0.05) is 32.1 Å². The molecule has 170 valence electrons. The molecule has 0 bridgehead atoms. The van der Waals surface area contributed by atoms with Crippen molar-refractivity contribution >= 4 is 23.6 Å². The smallest absolute Gasteiger partial charge is 0.338 e. The van der Waals surface area contributed by atoms with Crippen molar-refractivity contribution < 1.29 is 28.6 Å². The van der Waals surface area contributed by atoms with Crippen LogP contribution in [-0.2, 0) is 23.8 Å². The number of unbranched alkanes of at least 4 members (excludes halogenated alkanes) is 1. The molecule has 9 nitrogen and oxygen atoms in total. The van der Waals surface area contributed by atoms with Gasteiger partial charge in [-0.25, -0.2) is 9.59 Å². The molecule has 0 radical (unpaired) electrons. The van der Waals surface area contributed by atoms with Crippen LogP contribution in [0, 0.1) is 0 Å². The lowest BCUT2D eigenvalue weighted by molar-refractivity contribution is -0.141. The molecule has 2 rings (SSSR count). The fourth-order valence-electron chi connectivity index (χ4n) is 3.30. The van der Waals surface area contributed by atoms with Crippen LogP contribution >= 0.6 is 0 Å². The van der Waals surface area contributed by atoms with E-state index in [-0.39, 0.29) is 31.8 Å². The van der Waals surface area contributed by atoms with Gasteiger partial charge in [0.05, 0.1) is 18.2 Å². The molecule has 1 aliphatic rings. The third-order valence-corrected chi connectivity index (χ3v) is 4.85. The lowest BCUT2D eigenvalue weighted by atomic mass is 9.94. The monoisotopic (exact) mass is 433 g/mol. The van der Waals surface area contributed by atoms with Gasteiger partial charge in [-0.1, -0.05) is 25.5 Å². The van der Waals surface area contributed by atoms with Crippen molar-refractivity contribution in [2.75, 3.05) is 45.9 Å². The van der Waals surface area contributed by atoms with E-state index in [0.717, 1.165) is 12.8 Å². The van der Waals surface area contributed by atoms with Crippen LogP contribution in [0.4, 0.5) is 10.5 Å². The van der Waals surface area contributed by atoms with Gasteiger partial charge in [0.2, 0.25) is 5.91 Å². The van der Waals surface area contributed by atoms with Crippen molar-refractivity contribution in [1.82, 2.24) is 10.2 Å². The lowest BCUT2D eigenvalue weighted by Crippen LogP contribution is -2.48. The van der Waals surface area contributed by atoms with Gasteiger partial charge in [-0.3, -0.25) is 9.69 Å². The molecule has 3 amide bonds. The van der Waals surface area contributed by atoms with Crippen molar-refractivity contribution in [3.63, 3.8) is 0 Å². The second kappa shape index (κ2) is 12.1. The second-order valence-corrected chi connectivity index (χ2v) is 7.12. The van der Waals surface area contributed by atoms with Gasteiger partial charge < -0.3 is 24.8 Å². The molecule has 2 N–H and O–H groups in total. The van der Waals surface area contributed by atoms with Gasteiger partial charge in [0.1, 0.15) is 13.2 Å². The Morgan fingerprint density at radius 2 is 1.97 bits per heavy atom. The number of ether oxygens (including phenoxy) is 3. The summed E-state index contributed by atoms with van der Waals surface area (Å²) in [6.07, 6.45) is 1.72. The standard InChI is InChI=1S/C22H31N3O6/c1-5-6-10-25-15(2)19(21(27)31-12-11-29-3)20(24-22(25)28)16-8-7-9-17(13-16)23-18(26)14-30-4/h7-9,13,20H,5-6,10-12,14H2,1-4H3,(H,23,26)(H,24,28). The highest BCUT2D eigenvalue weighted by Gasteiger charge is 2.36. The number of hydrogen-bond donors (Lipinski definition) is 2. The number of esters is 1. The number of nitrogens with zero attached hydrogens (tertiary/aromatic N) is 1. The number of methoxy groups -OCH3 is 2. The molecule has 0 aromatic heterocycles. The maximum absolute atomic E-state index is 12.9. The Morgan fingerprint density at radius 1 is 1.19 bits per heavy atom. The summed E-state index contributed by atoms with van der Waals surface area (Å²) in [7, 11) is 2.96. The van der Waals surface area contributed by atoms with Crippen LogP contribution in [-0.4, -0.2) is 63.4 Å². The van der Waals surface area contributed by atoms with E-state index in [1.165, 1.54) is 14.2 Å². The van der Waals surface area contributed by atoms with Gasteiger partial charge in [-0.05, 0) is 31.0 Å². The predicted octanol–water partition coefficient (Wildman–Crippen LogP) is 2.60. The third kappa shape index (κ3) is 6.53. The van der Waals surface area contributed by atoms with Crippen LogP contribution in [0.15, 0.2) is 35.5 Å². The maximum atomic E-state index is 12.9.